The monoisotopic (exact) mass is 1010 g/mol. The van der Waals surface area contributed by atoms with Gasteiger partial charge in [0.25, 0.3) is 0 Å². The molecule has 0 N–H and O–H groups in total. The minimum atomic E-state index is -0.793. The van der Waals surface area contributed by atoms with Crippen LogP contribution in [0.4, 0.5) is 0 Å². The lowest BCUT2D eigenvalue weighted by Gasteiger charge is -2.18. The van der Waals surface area contributed by atoms with Crippen LogP contribution in [0.2, 0.25) is 0 Å². The van der Waals surface area contributed by atoms with Crippen molar-refractivity contribution < 1.29 is 28.6 Å². The Morgan fingerprint density at radius 1 is 0.288 bits per heavy atom. The third-order valence-corrected chi connectivity index (χ3v) is 13.0. The van der Waals surface area contributed by atoms with Crippen molar-refractivity contribution in [1.29, 1.82) is 0 Å². The summed E-state index contributed by atoms with van der Waals surface area (Å²) in [7, 11) is 0. The minimum absolute atomic E-state index is 0.0891. The van der Waals surface area contributed by atoms with Gasteiger partial charge < -0.3 is 14.2 Å². The highest BCUT2D eigenvalue weighted by atomic mass is 16.6. The molecule has 0 saturated heterocycles. The van der Waals surface area contributed by atoms with E-state index in [1.807, 2.05) is 0 Å². The molecule has 6 nitrogen and oxygen atoms in total. The van der Waals surface area contributed by atoms with Gasteiger partial charge in [0.1, 0.15) is 13.2 Å². The average Bonchev–Trinajstić information content (AvgIpc) is 3.39. The van der Waals surface area contributed by atoms with Gasteiger partial charge in [0.2, 0.25) is 0 Å². The fourth-order valence-corrected chi connectivity index (χ4v) is 8.42. The molecular formula is C67H114O6. The topological polar surface area (TPSA) is 78.9 Å². The molecule has 0 rings (SSSR count). The zero-order chi connectivity index (χ0) is 52.9. The molecule has 418 valence electrons. The van der Waals surface area contributed by atoms with Gasteiger partial charge in [0.15, 0.2) is 6.10 Å². The Labute approximate surface area is 451 Å². The summed E-state index contributed by atoms with van der Waals surface area (Å²) in [6.45, 7) is 6.47. The van der Waals surface area contributed by atoms with Gasteiger partial charge in [-0.15, -0.1) is 0 Å². The fraction of sp³-hybridized carbons (Fsp3) is 0.716. The van der Waals surface area contributed by atoms with Gasteiger partial charge in [-0.3, -0.25) is 14.4 Å². The molecule has 1 unspecified atom stereocenters. The molecule has 73 heavy (non-hydrogen) atoms. The van der Waals surface area contributed by atoms with E-state index in [2.05, 4.69) is 118 Å². The zero-order valence-electron chi connectivity index (χ0n) is 47.9. The van der Waals surface area contributed by atoms with E-state index in [9.17, 15) is 14.4 Å². The lowest BCUT2D eigenvalue weighted by Crippen LogP contribution is -2.30. The Balaban J connectivity index is 4.34. The Hall–Kier alpha value is -3.67. The van der Waals surface area contributed by atoms with Crippen molar-refractivity contribution >= 4 is 17.9 Å². The van der Waals surface area contributed by atoms with E-state index in [1.54, 1.807) is 0 Å². The third-order valence-electron chi connectivity index (χ3n) is 13.0. The maximum absolute atomic E-state index is 12.9. The molecule has 0 heterocycles. The average molecular weight is 1020 g/mol. The summed E-state index contributed by atoms with van der Waals surface area (Å²) >= 11 is 0. The number of carbonyl (C=O) groups excluding carboxylic acids is 3. The number of hydrogen-bond donors (Lipinski definition) is 0. The van der Waals surface area contributed by atoms with E-state index in [-0.39, 0.29) is 31.1 Å². The van der Waals surface area contributed by atoms with Crippen LogP contribution in [0.25, 0.3) is 0 Å². The zero-order valence-corrected chi connectivity index (χ0v) is 47.9. The summed E-state index contributed by atoms with van der Waals surface area (Å²) in [6.07, 6.45) is 81.2. The number of hydrogen-bond acceptors (Lipinski definition) is 6. The Bertz CT molecular complexity index is 1440. The highest BCUT2D eigenvalue weighted by Crippen LogP contribution is 2.15. The molecule has 0 bridgehead atoms. The van der Waals surface area contributed by atoms with Crippen molar-refractivity contribution in [3.05, 3.63) is 97.2 Å². The van der Waals surface area contributed by atoms with Crippen molar-refractivity contribution in [2.45, 2.75) is 297 Å². The van der Waals surface area contributed by atoms with Crippen LogP contribution in [-0.2, 0) is 28.6 Å². The first-order valence-electron chi connectivity index (χ1n) is 30.7. The summed E-state index contributed by atoms with van der Waals surface area (Å²) in [6, 6.07) is 0. The molecule has 1 atom stereocenters. The van der Waals surface area contributed by atoms with Crippen LogP contribution in [0.15, 0.2) is 97.2 Å². The van der Waals surface area contributed by atoms with Crippen molar-refractivity contribution in [3.63, 3.8) is 0 Å². The van der Waals surface area contributed by atoms with Gasteiger partial charge in [-0.1, -0.05) is 253 Å². The summed E-state index contributed by atoms with van der Waals surface area (Å²) in [5.74, 6) is -0.915. The predicted octanol–water partition coefficient (Wildman–Crippen LogP) is 20.9. The van der Waals surface area contributed by atoms with Crippen LogP contribution in [0.3, 0.4) is 0 Å². The van der Waals surface area contributed by atoms with Crippen LogP contribution in [0.1, 0.15) is 290 Å². The first-order valence-corrected chi connectivity index (χ1v) is 30.7. The maximum atomic E-state index is 12.9. The smallest absolute Gasteiger partial charge is 0.306 e. The Morgan fingerprint density at radius 3 is 0.890 bits per heavy atom. The van der Waals surface area contributed by atoms with E-state index in [1.165, 1.54) is 128 Å². The first kappa shape index (κ1) is 69.3. The van der Waals surface area contributed by atoms with Gasteiger partial charge in [-0.05, 0) is 116 Å². The van der Waals surface area contributed by atoms with Crippen molar-refractivity contribution in [3.8, 4) is 0 Å². The molecule has 0 aliphatic heterocycles. The van der Waals surface area contributed by atoms with Crippen molar-refractivity contribution in [2.24, 2.45) is 0 Å². The Kier molecular flexibility index (Phi) is 57.8. The normalized spacial score (nSPS) is 12.8. The van der Waals surface area contributed by atoms with Crippen molar-refractivity contribution in [2.75, 3.05) is 13.2 Å². The molecule has 0 radical (unpaired) electrons. The second kappa shape index (κ2) is 60.9. The van der Waals surface area contributed by atoms with Crippen molar-refractivity contribution in [1.82, 2.24) is 0 Å². The maximum Gasteiger partial charge on any atom is 0.306 e. The van der Waals surface area contributed by atoms with Crippen LogP contribution >= 0.6 is 0 Å². The fourth-order valence-electron chi connectivity index (χ4n) is 8.42. The minimum Gasteiger partial charge on any atom is -0.462 e. The summed E-state index contributed by atoms with van der Waals surface area (Å²) in [5, 5.41) is 0. The van der Waals surface area contributed by atoms with E-state index in [0.29, 0.717) is 19.3 Å². The number of esters is 3. The third kappa shape index (κ3) is 59.1. The Morgan fingerprint density at radius 2 is 0.548 bits per heavy atom. The second-order valence-corrected chi connectivity index (χ2v) is 20.2. The highest BCUT2D eigenvalue weighted by Gasteiger charge is 2.19. The van der Waals surface area contributed by atoms with Gasteiger partial charge in [-0.2, -0.15) is 0 Å². The molecule has 0 aliphatic carbocycles. The molecular weight excluding hydrogens is 901 g/mol. The summed E-state index contributed by atoms with van der Waals surface area (Å²) in [5.41, 5.74) is 0. The van der Waals surface area contributed by atoms with Gasteiger partial charge in [0.05, 0.1) is 0 Å². The summed E-state index contributed by atoms with van der Waals surface area (Å²) < 4.78 is 16.9. The molecule has 0 aromatic heterocycles. The molecule has 0 aliphatic rings. The lowest BCUT2D eigenvalue weighted by molar-refractivity contribution is -0.167. The molecule has 0 spiro atoms. The first-order chi connectivity index (χ1) is 36.0. The van der Waals surface area contributed by atoms with Crippen LogP contribution in [0, 0.1) is 0 Å². The van der Waals surface area contributed by atoms with Crippen LogP contribution < -0.4 is 0 Å². The summed E-state index contributed by atoms with van der Waals surface area (Å²) in [4.78, 5) is 38.2. The van der Waals surface area contributed by atoms with Gasteiger partial charge in [0, 0.05) is 19.3 Å². The number of rotatable bonds is 55. The van der Waals surface area contributed by atoms with Gasteiger partial charge in [-0.25, -0.2) is 0 Å². The molecule has 0 aromatic carbocycles. The number of carbonyl (C=O) groups is 3. The molecule has 0 amide bonds. The molecule has 0 saturated carbocycles. The predicted molar refractivity (Wildman–Crippen MR) is 316 cm³/mol. The quantitative estimate of drug-likeness (QED) is 0.0261. The van der Waals surface area contributed by atoms with Gasteiger partial charge >= 0.3 is 17.9 Å². The second-order valence-electron chi connectivity index (χ2n) is 20.2. The number of allylic oxidation sites excluding steroid dienone is 16. The van der Waals surface area contributed by atoms with E-state index in [0.717, 1.165) is 122 Å². The standard InChI is InChI=1S/C67H114O6/c1-4-7-10-13-16-19-22-24-26-28-30-32-33-35-36-38-40-42-45-48-51-54-57-60-66(69)72-63-64(62-71-65(68)59-56-53-50-47-44-21-18-15-12-9-6-3)73-67(70)61-58-55-52-49-46-43-41-39-37-34-31-29-27-25-23-20-17-14-11-8-5-2/h8,11,15,17-18,20,22,24-25,27-28,30-31,34,39,41,64H,4-7,9-10,12-14,16,19,21,23,26,29,32-33,35-38,40,42-63H2,1-3H3/b11-8-,18-15-,20-17-,24-22-,27-25-,30-28-,34-31-,41-39-. The molecule has 0 fully saturated rings. The molecule has 0 aromatic rings. The lowest BCUT2D eigenvalue weighted by atomic mass is 10.0. The highest BCUT2D eigenvalue weighted by molar-refractivity contribution is 5.71. The molecule has 6 heteroatoms. The SMILES string of the molecule is CC/C=C\C/C=C\C/C=C\C/C=C\C/C=C\CCCCCCCC(=O)OC(COC(=O)CCCCCCC/C=C\CCCC)COC(=O)CCCCCCCCCCCCC/C=C\C/C=C\CCCCCCC. The van der Waals surface area contributed by atoms with Crippen LogP contribution in [0.5, 0.6) is 0 Å². The number of ether oxygens (including phenoxy) is 3. The van der Waals surface area contributed by atoms with Crippen LogP contribution in [-0.4, -0.2) is 37.2 Å². The number of unbranched alkanes of at least 4 members (excludes halogenated alkanes) is 28. The van der Waals surface area contributed by atoms with E-state index >= 15 is 0 Å². The van der Waals surface area contributed by atoms with E-state index in [4.69, 9.17) is 14.2 Å². The van der Waals surface area contributed by atoms with E-state index < -0.39 is 6.10 Å². The largest absolute Gasteiger partial charge is 0.462 e.